The summed E-state index contributed by atoms with van der Waals surface area (Å²) in [7, 11) is 0. The van der Waals surface area contributed by atoms with Crippen LogP contribution in [-0.2, 0) is 12.8 Å². The van der Waals surface area contributed by atoms with Crippen LogP contribution in [0.2, 0.25) is 0 Å². The van der Waals surface area contributed by atoms with Gasteiger partial charge in [-0.2, -0.15) is 5.10 Å². The van der Waals surface area contributed by atoms with Crippen LogP contribution in [0, 0.1) is 0 Å². The van der Waals surface area contributed by atoms with Gasteiger partial charge in [0.2, 0.25) is 0 Å². The Labute approximate surface area is 168 Å². The van der Waals surface area contributed by atoms with Gasteiger partial charge in [-0.1, -0.05) is 12.1 Å². The first-order valence-electron chi connectivity index (χ1n) is 9.91. The van der Waals surface area contributed by atoms with E-state index in [4.69, 9.17) is 4.74 Å². The molecule has 2 aliphatic rings. The molecule has 2 N–H and O–H groups in total. The molecule has 7 nitrogen and oxygen atoms in total. The molecule has 0 spiro atoms. The predicted molar refractivity (Wildman–Crippen MR) is 106 cm³/mol. The van der Waals surface area contributed by atoms with Crippen LogP contribution in [0.3, 0.4) is 0 Å². The lowest BCUT2D eigenvalue weighted by atomic mass is 9.89. The van der Waals surface area contributed by atoms with Crippen molar-refractivity contribution >= 4 is 5.91 Å². The van der Waals surface area contributed by atoms with Gasteiger partial charge in [-0.3, -0.25) is 4.79 Å². The molecule has 1 aromatic carbocycles. The van der Waals surface area contributed by atoms with Crippen molar-refractivity contribution in [1.29, 1.82) is 0 Å². The van der Waals surface area contributed by atoms with Gasteiger partial charge in [0, 0.05) is 30.8 Å². The van der Waals surface area contributed by atoms with Crippen molar-refractivity contribution in [3.63, 3.8) is 0 Å². The largest absolute Gasteiger partial charge is 0.491 e. The Morgan fingerprint density at radius 3 is 2.83 bits per heavy atom. The highest BCUT2D eigenvalue weighted by atomic mass is 16.5. The number of nitrogens with one attached hydrogen (secondary N) is 1. The van der Waals surface area contributed by atoms with Crippen LogP contribution < -0.4 is 10.1 Å². The number of fused-ring (bicyclic) bond motifs is 1. The number of carbonyl (C=O) groups excluding carboxylic acids is 1. The van der Waals surface area contributed by atoms with E-state index in [0.29, 0.717) is 25.1 Å². The van der Waals surface area contributed by atoms with Crippen molar-refractivity contribution in [2.24, 2.45) is 0 Å². The molecule has 0 bridgehead atoms. The lowest BCUT2D eigenvalue weighted by Gasteiger charge is -2.32. The van der Waals surface area contributed by atoms with E-state index in [1.807, 2.05) is 35.1 Å². The number of aliphatic hydroxyl groups excluding tert-OH is 1. The summed E-state index contributed by atoms with van der Waals surface area (Å²) in [4.78, 5) is 17.1. The van der Waals surface area contributed by atoms with E-state index in [9.17, 15) is 9.90 Å². The van der Waals surface area contributed by atoms with E-state index < -0.39 is 6.10 Å². The standard InChI is InChI=1S/C22H22N4O3/c27-20-7-6-17(20)25-22(28)19-13-15(21-18(24-19)8-11-29-21)12-14-2-4-16(5-3-14)26-10-1-9-23-26/h1-5,9-10,13,17,20,27H,6-8,11-12H2,(H,25,28). The van der Waals surface area contributed by atoms with E-state index in [0.717, 1.165) is 41.1 Å². The molecule has 1 fully saturated rings. The van der Waals surface area contributed by atoms with Gasteiger partial charge in [-0.25, -0.2) is 9.67 Å². The van der Waals surface area contributed by atoms with Gasteiger partial charge < -0.3 is 15.2 Å². The number of aliphatic hydroxyl groups is 1. The fraction of sp³-hybridized carbons (Fsp3) is 0.318. The molecule has 1 saturated carbocycles. The maximum atomic E-state index is 12.6. The fourth-order valence-electron chi connectivity index (χ4n) is 3.79. The number of hydrogen-bond acceptors (Lipinski definition) is 5. The maximum Gasteiger partial charge on any atom is 0.270 e. The molecule has 0 saturated heterocycles. The zero-order chi connectivity index (χ0) is 19.8. The number of amides is 1. The lowest BCUT2D eigenvalue weighted by Crippen LogP contribution is -2.50. The summed E-state index contributed by atoms with van der Waals surface area (Å²) >= 11 is 0. The average Bonchev–Trinajstić information content (AvgIpc) is 3.43. The van der Waals surface area contributed by atoms with Gasteiger partial charge in [0.25, 0.3) is 5.91 Å². The van der Waals surface area contributed by atoms with Crippen LogP contribution in [0.4, 0.5) is 0 Å². The summed E-state index contributed by atoms with van der Waals surface area (Å²) < 4.78 is 7.62. The number of aromatic nitrogens is 3. The third-order valence-corrected chi connectivity index (χ3v) is 5.59. The van der Waals surface area contributed by atoms with E-state index in [1.54, 1.807) is 6.20 Å². The Hall–Kier alpha value is -3.19. The second-order valence-corrected chi connectivity index (χ2v) is 7.56. The molecule has 1 aliphatic carbocycles. The Bertz CT molecular complexity index is 1030. The Morgan fingerprint density at radius 2 is 2.14 bits per heavy atom. The third-order valence-electron chi connectivity index (χ3n) is 5.59. The minimum absolute atomic E-state index is 0.174. The van der Waals surface area contributed by atoms with Crippen LogP contribution in [0.25, 0.3) is 5.69 Å². The molecule has 3 heterocycles. The zero-order valence-corrected chi connectivity index (χ0v) is 15.9. The average molecular weight is 390 g/mol. The molecule has 1 amide bonds. The Kier molecular flexibility index (Phi) is 4.52. The van der Waals surface area contributed by atoms with Crippen LogP contribution >= 0.6 is 0 Å². The second kappa shape index (κ2) is 7.33. The van der Waals surface area contributed by atoms with Crippen LogP contribution in [0.5, 0.6) is 5.75 Å². The topological polar surface area (TPSA) is 89.3 Å². The fourth-order valence-corrected chi connectivity index (χ4v) is 3.79. The van der Waals surface area contributed by atoms with Crippen molar-refractivity contribution in [1.82, 2.24) is 20.1 Å². The number of nitrogens with zero attached hydrogens (tertiary/aromatic N) is 3. The van der Waals surface area contributed by atoms with Crippen molar-refractivity contribution < 1.29 is 14.6 Å². The first kappa shape index (κ1) is 17.9. The van der Waals surface area contributed by atoms with Crippen LogP contribution in [0.1, 0.15) is 40.2 Å². The molecule has 7 heteroatoms. The van der Waals surface area contributed by atoms with Crippen molar-refractivity contribution in [3.8, 4) is 11.4 Å². The SMILES string of the molecule is O=C(NC1CCC1O)c1cc(Cc2ccc(-n3cccn3)cc2)c2c(n1)CCO2. The van der Waals surface area contributed by atoms with E-state index in [2.05, 4.69) is 27.5 Å². The van der Waals surface area contributed by atoms with Crippen molar-refractivity contribution in [2.75, 3.05) is 6.61 Å². The van der Waals surface area contributed by atoms with Crippen LogP contribution in [-0.4, -0.2) is 44.5 Å². The minimum atomic E-state index is -0.454. The summed E-state index contributed by atoms with van der Waals surface area (Å²) in [6.07, 6.45) is 6.09. The summed E-state index contributed by atoms with van der Waals surface area (Å²) in [5.74, 6) is 0.556. The maximum absolute atomic E-state index is 12.6. The Balaban J connectivity index is 1.39. The van der Waals surface area contributed by atoms with Gasteiger partial charge in [0.1, 0.15) is 11.4 Å². The molecule has 2 aromatic heterocycles. The molecule has 2 unspecified atom stereocenters. The summed E-state index contributed by atoms with van der Waals surface area (Å²) in [5.41, 5.74) is 4.28. The number of ether oxygens (including phenoxy) is 1. The first-order valence-corrected chi connectivity index (χ1v) is 9.91. The molecule has 3 aromatic rings. The van der Waals surface area contributed by atoms with Gasteiger partial charge in [0.15, 0.2) is 0 Å². The molecule has 148 valence electrons. The van der Waals surface area contributed by atoms with Crippen molar-refractivity contribution in [3.05, 3.63) is 71.3 Å². The molecular formula is C22H22N4O3. The first-order chi connectivity index (χ1) is 14.2. The van der Waals surface area contributed by atoms with E-state index in [-0.39, 0.29) is 11.9 Å². The summed E-state index contributed by atoms with van der Waals surface area (Å²) in [5, 5.41) is 16.9. The highest BCUT2D eigenvalue weighted by Crippen LogP contribution is 2.31. The number of pyridine rings is 1. The summed E-state index contributed by atoms with van der Waals surface area (Å²) in [6, 6.07) is 11.7. The van der Waals surface area contributed by atoms with Gasteiger partial charge >= 0.3 is 0 Å². The molecule has 0 radical (unpaired) electrons. The molecule has 2 atom stereocenters. The smallest absolute Gasteiger partial charge is 0.270 e. The van der Waals surface area contributed by atoms with Gasteiger partial charge in [-0.15, -0.1) is 0 Å². The minimum Gasteiger partial charge on any atom is -0.491 e. The monoisotopic (exact) mass is 390 g/mol. The third kappa shape index (κ3) is 3.49. The van der Waals surface area contributed by atoms with Gasteiger partial charge in [0.05, 0.1) is 30.1 Å². The molecule has 5 rings (SSSR count). The van der Waals surface area contributed by atoms with Crippen molar-refractivity contribution in [2.45, 2.75) is 37.8 Å². The Morgan fingerprint density at radius 1 is 1.28 bits per heavy atom. The number of hydrogen-bond donors (Lipinski definition) is 2. The highest BCUT2D eigenvalue weighted by Gasteiger charge is 2.31. The van der Waals surface area contributed by atoms with Crippen LogP contribution in [0.15, 0.2) is 48.8 Å². The zero-order valence-electron chi connectivity index (χ0n) is 15.9. The second-order valence-electron chi connectivity index (χ2n) is 7.56. The normalized spacial score (nSPS) is 19.9. The number of rotatable bonds is 5. The predicted octanol–water partition coefficient (Wildman–Crippen LogP) is 2.05. The van der Waals surface area contributed by atoms with E-state index >= 15 is 0 Å². The molecular weight excluding hydrogens is 368 g/mol. The lowest BCUT2D eigenvalue weighted by molar-refractivity contribution is 0.0445. The number of benzene rings is 1. The molecule has 29 heavy (non-hydrogen) atoms. The summed E-state index contributed by atoms with van der Waals surface area (Å²) in [6.45, 7) is 0.583. The number of carbonyl (C=O) groups is 1. The van der Waals surface area contributed by atoms with Gasteiger partial charge in [-0.05, 0) is 42.7 Å². The van der Waals surface area contributed by atoms with E-state index in [1.165, 1.54) is 0 Å². The quantitative estimate of drug-likeness (QED) is 0.696. The molecule has 1 aliphatic heterocycles. The highest BCUT2D eigenvalue weighted by molar-refractivity contribution is 5.93.